The molecular weight excluding hydrogens is 569 g/mol. The predicted octanol–water partition coefficient (Wildman–Crippen LogP) is 13.2. The third kappa shape index (κ3) is 3.97. The molecule has 10 aromatic rings. The van der Waals surface area contributed by atoms with Gasteiger partial charge in [0, 0.05) is 16.2 Å². The smallest absolute Gasteiger partial charge is 0.143 e. The molecule has 0 aliphatic rings. The van der Waals surface area contributed by atoms with Crippen molar-refractivity contribution in [1.29, 1.82) is 0 Å². The van der Waals surface area contributed by atoms with Gasteiger partial charge in [-0.1, -0.05) is 139 Å². The maximum absolute atomic E-state index is 8.80. The Hall–Kier alpha value is -6.18. The average molecular weight is 602 g/mol. The minimum absolute atomic E-state index is 0.191. The van der Waals surface area contributed by atoms with E-state index < -0.39 is 6.04 Å². The van der Waals surface area contributed by atoms with Crippen molar-refractivity contribution in [3.63, 3.8) is 0 Å². The molecule has 0 aliphatic carbocycles. The lowest BCUT2D eigenvalue weighted by Gasteiger charge is -2.19. The molecule has 218 valence electrons. The number of rotatable bonds is 3. The highest BCUT2D eigenvalue weighted by atomic mass is 16.3. The lowest BCUT2D eigenvalue weighted by atomic mass is 9.83. The Kier molecular flexibility index (Phi) is 4.66. The van der Waals surface area contributed by atoms with Gasteiger partial charge >= 0.3 is 0 Å². The van der Waals surface area contributed by atoms with Gasteiger partial charge in [0.15, 0.2) is 0 Å². The van der Waals surface area contributed by atoms with Gasteiger partial charge in [0.1, 0.15) is 11.2 Å². The number of hydrogen-bond donors (Lipinski definition) is 0. The van der Waals surface area contributed by atoms with E-state index in [2.05, 4.69) is 97.1 Å². The zero-order valence-corrected chi connectivity index (χ0v) is 25.2. The molecule has 9 aromatic carbocycles. The van der Waals surface area contributed by atoms with Crippen molar-refractivity contribution in [2.45, 2.75) is 0 Å². The van der Waals surface area contributed by atoms with Gasteiger partial charge < -0.3 is 4.42 Å². The van der Waals surface area contributed by atoms with Crippen LogP contribution >= 0.6 is 0 Å². The van der Waals surface area contributed by atoms with Crippen LogP contribution in [-0.4, -0.2) is 0 Å². The van der Waals surface area contributed by atoms with Gasteiger partial charge in [-0.25, -0.2) is 0 Å². The fraction of sp³-hybridized carbons (Fsp3) is 0. The summed E-state index contributed by atoms with van der Waals surface area (Å²) in [5.74, 6) is 0. The number of furan rings is 1. The van der Waals surface area contributed by atoms with Crippen molar-refractivity contribution in [3.8, 4) is 33.4 Å². The summed E-state index contributed by atoms with van der Waals surface area (Å²) in [6.45, 7) is 0. The van der Waals surface area contributed by atoms with Gasteiger partial charge in [0.2, 0.25) is 0 Å². The standard InChI is InChI=1S/C46H28O/c1-2-12-29(13-3-1)33-26-31-15-5-6-16-34(31)42(28-33)45-38-20-10-8-18-36(38)44(37-19-9-11-21-39(37)45)32-23-25-43-41(27-32)40-24-22-30-14-4-7-17-35(30)46(40)47-43/h1-28H/i1D,2D,3D,12D,13D. The van der Waals surface area contributed by atoms with Gasteiger partial charge in [-0.05, 0) is 101 Å². The molecule has 1 heterocycles. The zero-order chi connectivity index (χ0) is 35.2. The highest BCUT2D eigenvalue weighted by Crippen LogP contribution is 2.47. The molecule has 0 bridgehead atoms. The van der Waals surface area contributed by atoms with Crippen molar-refractivity contribution in [2.75, 3.05) is 0 Å². The summed E-state index contributed by atoms with van der Waals surface area (Å²) in [6.07, 6.45) is 0. The Bertz CT molecular complexity index is 3050. The number of fused-ring (bicyclic) bond motifs is 8. The maximum Gasteiger partial charge on any atom is 0.143 e. The largest absolute Gasteiger partial charge is 0.455 e. The Morgan fingerprint density at radius 2 is 1.00 bits per heavy atom. The minimum atomic E-state index is -0.401. The van der Waals surface area contributed by atoms with Crippen LogP contribution in [0.1, 0.15) is 6.85 Å². The summed E-state index contributed by atoms with van der Waals surface area (Å²) in [4.78, 5) is 0. The fourth-order valence-electron chi connectivity index (χ4n) is 7.45. The predicted molar refractivity (Wildman–Crippen MR) is 200 cm³/mol. The first-order valence-corrected chi connectivity index (χ1v) is 15.8. The summed E-state index contributed by atoms with van der Waals surface area (Å²) in [6, 6.07) is 46.5. The number of benzene rings is 9. The average Bonchev–Trinajstić information content (AvgIpc) is 3.57. The van der Waals surface area contributed by atoms with Crippen molar-refractivity contribution in [3.05, 3.63) is 170 Å². The van der Waals surface area contributed by atoms with E-state index in [9.17, 15) is 0 Å². The van der Waals surface area contributed by atoms with E-state index in [1.807, 2.05) is 42.5 Å². The molecule has 0 radical (unpaired) electrons. The van der Waals surface area contributed by atoms with Crippen molar-refractivity contribution in [2.24, 2.45) is 0 Å². The van der Waals surface area contributed by atoms with Crippen LogP contribution in [0.4, 0.5) is 0 Å². The molecule has 0 aliphatic heterocycles. The summed E-state index contributed by atoms with van der Waals surface area (Å²) < 4.78 is 49.0. The second kappa shape index (κ2) is 10.2. The third-order valence-corrected chi connectivity index (χ3v) is 9.50. The molecule has 10 rings (SSSR count). The monoisotopic (exact) mass is 601 g/mol. The molecule has 0 saturated carbocycles. The third-order valence-electron chi connectivity index (χ3n) is 9.50. The van der Waals surface area contributed by atoms with Crippen LogP contribution in [0.3, 0.4) is 0 Å². The molecule has 47 heavy (non-hydrogen) atoms. The van der Waals surface area contributed by atoms with Gasteiger partial charge in [-0.2, -0.15) is 0 Å². The Labute approximate surface area is 279 Å². The summed E-state index contributed by atoms with van der Waals surface area (Å²) in [5.41, 5.74) is 6.67. The first-order valence-electron chi connectivity index (χ1n) is 18.3. The Balaban J connectivity index is 1.29. The van der Waals surface area contributed by atoms with Gasteiger partial charge in [-0.15, -0.1) is 0 Å². The minimum Gasteiger partial charge on any atom is -0.455 e. The zero-order valence-electron chi connectivity index (χ0n) is 30.2. The number of hydrogen-bond acceptors (Lipinski definition) is 1. The van der Waals surface area contributed by atoms with Gasteiger partial charge in [-0.3, -0.25) is 0 Å². The summed E-state index contributed by atoms with van der Waals surface area (Å²) in [7, 11) is 0. The van der Waals surface area contributed by atoms with Crippen LogP contribution in [0.15, 0.2) is 174 Å². The summed E-state index contributed by atoms with van der Waals surface area (Å²) >= 11 is 0. The Morgan fingerprint density at radius 1 is 0.383 bits per heavy atom. The van der Waals surface area contributed by atoms with Crippen LogP contribution < -0.4 is 0 Å². The van der Waals surface area contributed by atoms with Crippen LogP contribution in [0, 0.1) is 0 Å². The van der Waals surface area contributed by atoms with Crippen molar-refractivity contribution >= 4 is 65.0 Å². The van der Waals surface area contributed by atoms with Crippen LogP contribution in [-0.2, 0) is 0 Å². The molecule has 1 heteroatoms. The molecule has 0 atom stereocenters. The Morgan fingerprint density at radius 3 is 1.72 bits per heavy atom. The second-order valence-corrected chi connectivity index (χ2v) is 12.1. The highest BCUT2D eigenvalue weighted by Gasteiger charge is 2.20. The topological polar surface area (TPSA) is 13.1 Å². The van der Waals surface area contributed by atoms with Crippen LogP contribution in [0.25, 0.3) is 98.4 Å². The van der Waals surface area contributed by atoms with E-state index in [4.69, 9.17) is 11.3 Å². The van der Waals surface area contributed by atoms with E-state index in [1.165, 1.54) is 0 Å². The highest BCUT2D eigenvalue weighted by molar-refractivity contribution is 6.24. The van der Waals surface area contributed by atoms with Crippen LogP contribution in [0.5, 0.6) is 0 Å². The molecule has 0 N–H and O–H groups in total. The molecule has 1 aromatic heterocycles. The first-order chi connectivity index (χ1) is 25.4. The molecule has 0 unspecified atom stereocenters. The summed E-state index contributed by atoms with van der Waals surface area (Å²) in [5, 5.41) is 10.6. The second-order valence-electron chi connectivity index (χ2n) is 12.1. The van der Waals surface area contributed by atoms with Gasteiger partial charge in [0.05, 0.1) is 6.85 Å². The fourth-order valence-corrected chi connectivity index (χ4v) is 7.45. The molecule has 1 nitrogen and oxygen atoms in total. The molecule has 0 spiro atoms. The van der Waals surface area contributed by atoms with Crippen molar-refractivity contribution < 1.29 is 11.3 Å². The normalized spacial score (nSPS) is 13.3. The van der Waals surface area contributed by atoms with E-state index in [1.54, 1.807) is 0 Å². The molecule has 0 amide bonds. The molecule has 0 fully saturated rings. The van der Waals surface area contributed by atoms with Crippen molar-refractivity contribution in [1.82, 2.24) is 0 Å². The van der Waals surface area contributed by atoms with E-state index in [0.717, 1.165) is 87.3 Å². The van der Waals surface area contributed by atoms with E-state index in [0.29, 0.717) is 5.56 Å². The first kappa shape index (κ1) is 21.5. The molecule has 0 saturated heterocycles. The quantitative estimate of drug-likeness (QED) is 0.184. The van der Waals surface area contributed by atoms with Crippen LogP contribution in [0.2, 0.25) is 0 Å². The van der Waals surface area contributed by atoms with Gasteiger partial charge in [0.25, 0.3) is 0 Å². The molecular formula is C46H28O. The lowest BCUT2D eigenvalue weighted by molar-refractivity contribution is 0.672. The maximum atomic E-state index is 8.80. The SMILES string of the molecule is [2H]c1c([2H])c([2H])c(-c2cc(-c3c4ccccc4c(-c4ccc5oc6c7ccccc7ccc6c5c4)c4ccccc34)c3ccccc3c2)c([2H])c1[2H]. The van der Waals surface area contributed by atoms with E-state index >= 15 is 0 Å². The van der Waals surface area contributed by atoms with E-state index in [-0.39, 0.29) is 29.7 Å². The lowest BCUT2D eigenvalue weighted by Crippen LogP contribution is -1.92.